The standard InChI is InChI=1S/C62H108NO8P/c1-6-8-10-12-14-16-18-20-22-24-26-28-29-30-31-32-33-35-36-38-40-42-44-46-48-50-52-54-61(64)68-58-60(59-70-72(66,67)69-57-56-63(3,4)5)71-62(65)55-53-51-49-47-45-43-41-39-37-34-27-25-23-21-19-17-15-13-11-9-7-2/h9,11,15,17-18,20-21,23-24,26-27,29-30,34,39,41,60H,6-8,10,12-14,16,19,22,25,28,31-33,35-38,40,42-59H2,1-5H3/p+1/b11-9-,17-15-,20-18-,23-21-,26-24-,30-29-,34-27-,41-39-. The van der Waals surface area contributed by atoms with Gasteiger partial charge in [-0.1, -0.05) is 220 Å². The van der Waals surface area contributed by atoms with E-state index in [1.165, 1.54) is 103 Å². The van der Waals surface area contributed by atoms with Gasteiger partial charge in [-0.05, 0) is 96.3 Å². The van der Waals surface area contributed by atoms with Crippen LogP contribution in [0.5, 0.6) is 0 Å². The van der Waals surface area contributed by atoms with Crippen molar-refractivity contribution >= 4 is 19.8 Å². The number of rotatable bonds is 52. The Hall–Kier alpha value is -3.07. The lowest BCUT2D eigenvalue weighted by atomic mass is 10.0. The number of quaternary nitrogens is 1. The van der Waals surface area contributed by atoms with Crippen LogP contribution in [-0.4, -0.2) is 74.9 Å². The monoisotopic (exact) mass is 1030 g/mol. The Balaban J connectivity index is 4.21. The highest BCUT2D eigenvalue weighted by molar-refractivity contribution is 7.47. The Labute approximate surface area is 443 Å². The largest absolute Gasteiger partial charge is 0.472 e. The summed E-state index contributed by atoms with van der Waals surface area (Å²) in [4.78, 5) is 35.7. The third-order valence-corrected chi connectivity index (χ3v) is 13.1. The zero-order chi connectivity index (χ0) is 52.7. The molecule has 0 saturated heterocycles. The van der Waals surface area contributed by atoms with E-state index >= 15 is 0 Å². The van der Waals surface area contributed by atoms with E-state index in [-0.39, 0.29) is 32.0 Å². The highest BCUT2D eigenvalue weighted by atomic mass is 31.2. The number of carbonyl (C=O) groups is 2. The Morgan fingerprint density at radius 3 is 1.18 bits per heavy atom. The first-order valence-corrected chi connectivity index (χ1v) is 30.5. The number of unbranched alkanes of at least 4 members (excludes halogenated alkanes) is 22. The Kier molecular flexibility index (Phi) is 50.5. The molecule has 0 fully saturated rings. The summed E-state index contributed by atoms with van der Waals surface area (Å²) in [6, 6.07) is 0. The van der Waals surface area contributed by atoms with E-state index in [1.807, 2.05) is 21.1 Å². The van der Waals surface area contributed by atoms with Gasteiger partial charge < -0.3 is 18.9 Å². The van der Waals surface area contributed by atoms with E-state index in [0.717, 1.165) is 96.3 Å². The van der Waals surface area contributed by atoms with Gasteiger partial charge in [-0.25, -0.2) is 4.57 Å². The van der Waals surface area contributed by atoms with Crippen LogP contribution in [0, 0.1) is 0 Å². The predicted octanol–water partition coefficient (Wildman–Crippen LogP) is 18.0. The van der Waals surface area contributed by atoms with Crippen LogP contribution in [-0.2, 0) is 32.7 Å². The van der Waals surface area contributed by atoms with E-state index in [1.54, 1.807) is 0 Å². The van der Waals surface area contributed by atoms with Crippen LogP contribution >= 0.6 is 7.82 Å². The maximum Gasteiger partial charge on any atom is 0.472 e. The molecule has 0 aliphatic carbocycles. The van der Waals surface area contributed by atoms with Gasteiger partial charge in [0.2, 0.25) is 0 Å². The van der Waals surface area contributed by atoms with Gasteiger partial charge in [0.05, 0.1) is 27.7 Å². The van der Waals surface area contributed by atoms with E-state index in [4.69, 9.17) is 18.5 Å². The summed E-state index contributed by atoms with van der Waals surface area (Å²) in [6.07, 6.45) is 71.8. The molecule has 0 spiro atoms. The molecule has 1 N–H and O–H groups in total. The molecule has 0 aromatic heterocycles. The number of phosphoric ester groups is 1. The van der Waals surface area contributed by atoms with Crippen molar-refractivity contribution in [3.8, 4) is 0 Å². The molecular formula is C62H109NO8P+. The molecular weight excluding hydrogens is 918 g/mol. The van der Waals surface area contributed by atoms with Gasteiger partial charge in [0.15, 0.2) is 6.10 Å². The number of hydrogen-bond acceptors (Lipinski definition) is 7. The average Bonchev–Trinajstić information content (AvgIpc) is 3.34. The van der Waals surface area contributed by atoms with E-state index in [9.17, 15) is 19.0 Å². The molecule has 0 amide bonds. The minimum atomic E-state index is -4.40. The fourth-order valence-corrected chi connectivity index (χ4v) is 8.38. The van der Waals surface area contributed by atoms with E-state index in [2.05, 4.69) is 111 Å². The van der Waals surface area contributed by atoms with Gasteiger partial charge in [0.1, 0.15) is 19.8 Å². The van der Waals surface area contributed by atoms with Crippen LogP contribution in [0.3, 0.4) is 0 Å². The van der Waals surface area contributed by atoms with Crippen molar-refractivity contribution in [2.75, 3.05) is 47.5 Å². The average molecular weight is 1030 g/mol. The topological polar surface area (TPSA) is 108 Å². The van der Waals surface area contributed by atoms with Crippen molar-refractivity contribution in [1.82, 2.24) is 0 Å². The quantitative estimate of drug-likeness (QED) is 0.0211. The smallest absolute Gasteiger partial charge is 0.462 e. The molecule has 72 heavy (non-hydrogen) atoms. The molecule has 10 heteroatoms. The zero-order valence-corrected chi connectivity index (χ0v) is 47.8. The number of ether oxygens (including phenoxy) is 2. The number of carbonyl (C=O) groups excluding carboxylic acids is 2. The predicted molar refractivity (Wildman–Crippen MR) is 307 cm³/mol. The van der Waals surface area contributed by atoms with Crippen LogP contribution in [0.25, 0.3) is 0 Å². The van der Waals surface area contributed by atoms with Gasteiger partial charge in [0.25, 0.3) is 0 Å². The molecule has 0 aliphatic rings. The molecule has 414 valence electrons. The number of allylic oxidation sites excluding steroid dienone is 16. The minimum Gasteiger partial charge on any atom is -0.462 e. The molecule has 0 aromatic carbocycles. The first-order valence-electron chi connectivity index (χ1n) is 29.0. The summed E-state index contributed by atoms with van der Waals surface area (Å²) in [5.74, 6) is -0.824. The Bertz CT molecular complexity index is 1540. The highest BCUT2D eigenvalue weighted by Gasteiger charge is 2.27. The second kappa shape index (κ2) is 52.8. The van der Waals surface area contributed by atoms with Crippen LogP contribution in [0.4, 0.5) is 0 Å². The lowest BCUT2D eigenvalue weighted by Crippen LogP contribution is -2.37. The van der Waals surface area contributed by atoms with Gasteiger partial charge in [-0.15, -0.1) is 0 Å². The summed E-state index contributed by atoms with van der Waals surface area (Å²) in [5.41, 5.74) is 0. The molecule has 0 heterocycles. The van der Waals surface area contributed by atoms with Crippen molar-refractivity contribution < 1.29 is 42.1 Å². The number of phosphoric acid groups is 1. The fourth-order valence-electron chi connectivity index (χ4n) is 7.64. The second-order valence-corrected chi connectivity index (χ2v) is 21.7. The molecule has 2 unspecified atom stereocenters. The molecule has 2 atom stereocenters. The lowest BCUT2D eigenvalue weighted by Gasteiger charge is -2.24. The third kappa shape index (κ3) is 56.2. The zero-order valence-electron chi connectivity index (χ0n) is 46.9. The summed E-state index contributed by atoms with van der Waals surface area (Å²) >= 11 is 0. The van der Waals surface area contributed by atoms with Crippen molar-refractivity contribution in [3.63, 3.8) is 0 Å². The number of hydrogen-bond donors (Lipinski definition) is 1. The van der Waals surface area contributed by atoms with Gasteiger partial charge in [-0.3, -0.25) is 18.6 Å². The second-order valence-electron chi connectivity index (χ2n) is 20.3. The Morgan fingerprint density at radius 1 is 0.444 bits per heavy atom. The van der Waals surface area contributed by atoms with Crippen molar-refractivity contribution in [1.29, 1.82) is 0 Å². The van der Waals surface area contributed by atoms with E-state index < -0.39 is 26.5 Å². The number of nitrogens with zero attached hydrogens (tertiary/aromatic N) is 1. The van der Waals surface area contributed by atoms with Crippen LogP contribution in [0.15, 0.2) is 97.2 Å². The minimum absolute atomic E-state index is 0.0224. The number of likely N-dealkylation sites (N-methyl/N-ethyl adjacent to an activating group) is 1. The summed E-state index contributed by atoms with van der Waals surface area (Å²) in [5, 5.41) is 0. The van der Waals surface area contributed by atoms with Crippen LogP contribution in [0.2, 0.25) is 0 Å². The van der Waals surface area contributed by atoms with Gasteiger partial charge in [-0.2, -0.15) is 0 Å². The SMILES string of the molecule is CC/C=C\C/C=C\C/C=C\C/C=C\C/C=C\CCCCCCCC(=O)OC(COC(=O)CCCCCCCCCCCCCC/C=C\C/C=C\C/C=C\CCCCCCC)COP(=O)(O)OCC[N+](C)(C)C. The summed E-state index contributed by atoms with van der Waals surface area (Å²) in [6.45, 7) is 4.28. The fraction of sp³-hybridized carbons (Fsp3) is 0.710. The van der Waals surface area contributed by atoms with Crippen LogP contribution in [0.1, 0.15) is 232 Å². The Morgan fingerprint density at radius 2 is 0.792 bits per heavy atom. The third-order valence-electron chi connectivity index (χ3n) is 12.1. The summed E-state index contributed by atoms with van der Waals surface area (Å²) < 4.78 is 34.5. The van der Waals surface area contributed by atoms with E-state index in [0.29, 0.717) is 17.4 Å². The molecule has 0 bridgehead atoms. The molecule has 0 aliphatic heterocycles. The van der Waals surface area contributed by atoms with Crippen molar-refractivity contribution in [3.05, 3.63) is 97.2 Å². The normalized spacial score (nSPS) is 14.0. The number of esters is 2. The first-order chi connectivity index (χ1) is 35.0. The molecule has 0 radical (unpaired) electrons. The lowest BCUT2D eigenvalue weighted by molar-refractivity contribution is -0.870. The maximum absolute atomic E-state index is 12.8. The van der Waals surface area contributed by atoms with Gasteiger partial charge >= 0.3 is 19.8 Å². The highest BCUT2D eigenvalue weighted by Crippen LogP contribution is 2.43. The molecule has 0 aromatic rings. The first kappa shape index (κ1) is 68.9. The summed E-state index contributed by atoms with van der Waals surface area (Å²) in [7, 11) is 1.45. The molecule has 0 saturated carbocycles. The maximum atomic E-state index is 12.8. The molecule has 9 nitrogen and oxygen atoms in total. The molecule has 0 rings (SSSR count). The van der Waals surface area contributed by atoms with Crippen molar-refractivity contribution in [2.24, 2.45) is 0 Å². The van der Waals surface area contributed by atoms with Crippen molar-refractivity contribution in [2.45, 2.75) is 238 Å². The van der Waals surface area contributed by atoms with Gasteiger partial charge in [0, 0.05) is 12.8 Å². The van der Waals surface area contributed by atoms with Crippen LogP contribution < -0.4 is 0 Å².